The van der Waals surface area contributed by atoms with E-state index in [1.165, 1.54) is 18.3 Å². The highest BCUT2D eigenvalue weighted by Crippen LogP contribution is 2.33. The molecule has 0 atom stereocenters. The fourth-order valence-electron chi connectivity index (χ4n) is 2.00. The summed E-state index contributed by atoms with van der Waals surface area (Å²) in [6.45, 7) is 1.98. The Balaban J connectivity index is 2.34. The van der Waals surface area contributed by atoms with E-state index in [4.69, 9.17) is 14.3 Å². The summed E-state index contributed by atoms with van der Waals surface area (Å²) in [7, 11) is -2.25. The summed E-state index contributed by atoms with van der Waals surface area (Å²) >= 11 is 0. The van der Waals surface area contributed by atoms with Crippen LogP contribution in [-0.4, -0.2) is 50.1 Å². The van der Waals surface area contributed by atoms with Gasteiger partial charge in [0.25, 0.3) is 0 Å². The van der Waals surface area contributed by atoms with Gasteiger partial charge in [0.2, 0.25) is 15.8 Å². The van der Waals surface area contributed by atoms with Gasteiger partial charge in [0.1, 0.15) is 10.7 Å². The van der Waals surface area contributed by atoms with Crippen LogP contribution in [0.5, 0.6) is 0 Å². The first-order valence-electron chi connectivity index (χ1n) is 6.22. The Morgan fingerprint density at radius 1 is 1.55 bits per heavy atom. The first-order valence-corrected chi connectivity index (χ1v) is 7.66. The first kappa shape index (κ1) is 15.0. The zero-order valence-electron chi connectivity index (χ0n) is 11.3. The van der Waals surface area contributed by atoms with Crippen molar-refractivity contribution in [1.29, 1.82) is 0 Å². The second-order valence-corrected chi connectivity index (χ2v) is 6.53. The van der Waals surface area contributed by atoms with E-state index in [-0.39, 0.29) is 29.0 Å². The molecule has 112 valence electrons. The lowest BCUT2D eigenvalue weighted by atomic mass is 10.4. The van der Waals surface area contributed by atoms with E-state index in [9.17, 15) is 13.2 Å². The van der Waals surface area contributed by atoms with E-state index in [1.54, 1.807) is 0 Å². The Labute approximate surface area is 117 Å². The maximum atomic E-state index is 12.6. The van der Waals surface area contributed by atoms with Gasteiger partial charge in [0, 0.05) is 25.8 Å². The summed E-state index contributed by atoms with van der Waals surface area (Å²) in [6.07, 6.45) is 1.62. The molecule has 0 saturated heterocycles. The summed E-state index contributed by atoms with van der Waals surface area (Å²) in [5, 5.41) is 8.87. The van der Waals surface area contributed by atoms with Crippen LogP contribution >= 0.6 is 0 Å². The molecular weight excluding hydrogens is 286 g/mol. The predicted molar refractivity (Wildman–Crippen MR) is 69.2 cm³/mol. The van der Waals surface area contributed by atoms with Crippen molar-refractivity contribution in [3.63, 3.8) is 0 Å². The standard InChI is InChI=1S/C12H17NO6S/c1-8-11(7-10(19-8)12(14)15)20(16,17)13(5-6-18-2)9-3-4-9/h7,9H,3-6H2,1-2H3,(H,14,15). The van der Waals surface area contributed by atoms with Crippen LogP contribution < -0.4 is 0 Å². The number of sulfonamides is 1. The van der Waals surface area contributed by atoms with Gasteiger partial charge in [-0.25, -0.2) is 13.2 Å². The summed E-state index contributed by atoms with van der Waals surface area (Å²) in [5.74, 6) is -1.57. The number of nitrogens with zero attached hydrogens (tertiary/aromatic N) is 1. The molecule has 0 unspecified atom stereocenters. The van der Waals surface area contributed by atoms with Gasteiger partial charge in [-0.3, -0.25) is 0 Å². The van der Waals surface area contributed by atoms with Crippen LogP contribution in [0.25, 0.3) is 0 Å². The molecule has 0 aliphatic heterocycles. The van der Waals surface area contributed by atoms with Crippen molar-refractivity contribution in [2.75, 3.05) is 20.3 Å². The lowest BCUT2D eigenvalue weighted by molar-refractivity contribution is 0.0661. The van der Waals surface area contributed by atoms with Gasteiger partial charge < -0.3 is 14.3 Å². The summed E-state index contributed by atoms with van der Waals surface area (Å²) in [6, 6.07) is 1.03. The quantitative estimate of drug-likeness (QED) is 0.809. The predicted octanol–water partition coefficient (Wildman–Crippen LogP) is 1.09. The van der Waals surface area contributed by atoms with Crippen LogP contribution in [-0.2, 0) is 14.8 Å². The first-order chi connectivity index (χ1) is 9.37. The molecule has 0 bridgehead atoms. The highest BCUT2D eigenvalue weighted by Gasteiger charge is 2.39. The molecule has 1 aromatic rings. The second-order valence-electron chi connectivity index (χ2n) is 4.68. The van der Waals surface area contributed by atoms with Gasteiger partial charge in [-0.1, -0.05) is 0 Å². The molecule has 1 fully saturated rings. The largest absolute Gasteiger partial charge is 0.475 e. The Hall–Kier alpha value is -1.38. The number of hydrogen-bond donors (Lipinski definition) is 1. The molecule has 8 heteroatoms. The normalized spacial score (nSPS) is 15.8. The topological polar surface area (TPSA) is 97.0 Å². The number of hydrogen-bond acceptors (Lipinski definition) is 5. The van der Waals surface area contributed by atoms with Gasteiger partial charge >= 0.3 is 5.97 Å². The number of carbonyl (C=O) groups is 1. The van der Waals surface area contributed by atoms with Crippen molar-refractivity contribution in [3.8, 4) is 0 Å². The zero-order valence-corrected chi connectivity index (χ0v) is 12.1. The number of aryl methyl sites for hydroxylation is 1. The van der Waals surface area contributed by atoms with E-state index in [0.29, 0.717) is 6.61 Å². The molecule has 0 spiro atoms. The van der Waals surface area contributed by atoms with Crippen LogP contribution in [0.1, 0.15) is 29.2 Å². The smallest absolute Gasteiger partial charge is 0.371 e. The van der Waals surface area contributed by atoms with Crippen molar-refractivity contribution < 1.29 is 27.5 Å². The van der Waals surface area contributed by atoms with E-state index < -0.39 is 16.0 Å². The molecule has 7 nitrogen and oxygen atoms in total. The van der Waals surface area contributed by atoms with E-state index in [2.05, 4.69) is 0 Å². The van der Waals surface area contributed by atoms with Crippen molar-refractivity contribution in [2.24, 2.45) is 0 Å². The van der Waals surface area contributed by atoms with Gasteiger partial charge in [0.15, 0.2) is 0 Å². The van der Waals surface area contributed by atoms with E-state index in [0.717, 1.165) is 18.9 Å². The molecule has 1 aliphatic rings. The number of furan rings is 1. The summed E-state index contributed by atoms with van der Waals surface area (Å²) < 4.78 is 36.5. The van der Waals surface area contributed by atoms with Gasteiger partial charge in [-0.2, -0.15) is 4.31 Å². The second kappa shape index (κ2) is 5.55. The minimum atomic E-state index is -3.76. The average Bonchev–Trinajstić information content (AvgIpc) is 3.10. The number of aromatic carboxylic acids is 1. The molecule has 0 amide bonds. The highest BCUT2D eigenvalue weighted by molar-refractivity contribution is 7.89. The average molecular weight is 303 g/mol. The Morgan fingerprint density at radius 3 is 2.65 bits per heavy atom. The molecule has 0 aromatic carbocycles. The van der Waals surface area contributed by atoms with Crippen LogP contribution in [0.2, 0.25) is 0 Å². The Kier molecular flexibility index (Phi) is 4.17. The minimum Gasteiger partial charge on any atom is -0.475 e. The molecule has 0 radical (unpaired) electrons. The van der Waals surface area contributed by atoms with Gasteiger partial charge in [0.05, 0.1) is 6.61 Å². The fraction of sp³-hybridized carbons (Fsp3) is 0.583. The fourth-order valence-corrected chi connectivity index (χ4v) is 3.83. The van der Waals surface area contributed by atoms with Crippen LogP contribution in [0.4, 0.5) is 0 Å². The van der Waals surface area contributed by atoms with Crippen LogP contribution in [0.3, 0.4) is 0 Å². The van der Waals surface area contributed by atoms with Gasteiger partial charge in [-0.15, -0.1) is 0 Å². The van der Waals surface area contributed by atoms with Crippen molar-refractivity contribution in [1.82, 2.24) is 4.31 Å². The molecule has 1 heterocycles. The van der Waals surface area contributed by atoms with Gasteiger partial charge in [-0.05, 0) is 19.8 Å². The molecule has 2 rings (SSSR count). The summed E-state index contributed by atoms with van der Waals surface area (Å²) in [5.41, 5.74) is 0. The van der Waals surface area contributed by atoms with Crippen molar-refractivity contribution in [3.05, 3.63) is 17.6 Å². The number of ether oxygens (including phenoxy) is 1. The highest BCUT2D eigenvalue weighted by atomic mass is 32.2. The lowest BCUT2D eigenvalue weighted by Gasteiger charge is -2.20. The van der Waals surface area contributed by atoms with E-state index >= 15 is 0 Å². The monoisotopic (exact) mass is 303 g/mol. The number of carboxylic acids is 1. The SMILES string of the molecule is COCCN(C1CC1)S(=O)(=O)c1cc(C(=O)O)oc1C. The number of rotatable bonds is 7. The molecular formula is C12H17NO6S. The third-order valence-electron chi connectivity index (χ3n) is 3.14. The van der Waals surface area contributed by atoms with Crippen molar-refractivity contribution >= 4 is 16.0 Å². The number of carboxylic acid groups (broad SMARTS) is 1. The van der Waals surface area contributed by atoms with Crippen molar-refractivity contribution in [2.45, 2.75) is 30.7 Å². The minimum absolute atomic E-state index is 0.0299. The lowest BCUT2D eigenvalue weighted by Crippen LogP contribution is -2.35. The summed E-state index contributed by atoms with van der Waals surface area (Å²) in [4.78, 5) is 10.8. The number of methoxy groups -OCH3 is 1. The molecule has 1 N–H and O–H groups in total. The zero-order chi connectivity index (χ0) is 14.9. The van der Waals surface area contributed by atoms with Crippen LogP contribution in [0, 0.1) is 6.92 Å². The molecule has 20 heavy (non-hydrogen) atoms. The maximum absolute atomic E-state index is 12.6. The van der Waals surface area contributed by atoms with E-state index in [1.807, 2.05) is 0 Å². The molecule has 1 aromatic heterocycles. The third kappa shape index (κ3) is 2.87. The maximum Gasteiger partial charge on any atom is 0.371 e. The molecule has 1 aliphatic carbocycles. The molecule has 1 saturated carbocycles. The third-order valence-corrected chi connectivity index (χ3v) is 5.20. The van der Waals surface area contributed by atoms with Crippen LogP contribution in [0.15, 0.2) is 15.4 Å². The Bertz CT molecular complexity index is 601. The Morgan fingerprint density at radius 2 is 2.20 bits per heavy atom.